The number of anilines is 2. The highest BCUT2D eigenvalue weighted by Gasteiger charge is 2.22. The molecule has 0 bridgehead atoms. The molecule has 1 saturated heterocycles. The van der Waals surface area contributed by atoms with Crippen LogP contribution in [0.1, 0.15) is 41.8 Å². The molecular weight excluding hydrogens is 492 g/mol. The molecular formula is C31H32N4O4. The van der Waals surface area contributed by atoms with Gasteiger partial charge < -0.3 is 25.0 Å². The van der Waals surface area contributed by atoms with Crippen LogP contribution in [0.25, 0.3) is 11.6 Å². The number of benzene rings is 2. The molecule has 2 N–H and O–H groups in total. The molecule has 0 radical (unpaired) electrons. The van der Waals surface area contributed by atoms with Crippen LogP contribution in [0.5, 0.6) is 11.5 Å². The van der Waals surface area contributed by atoms with E-state index in [0.717, 1.165) is 29.9 Å². The van der Waals surface area contributed by atoms with Gasteiger partial charge in [-0.3, -0.25) is 9.59 Å². The number of morpholine rings is 1. The number of pyridine rings is 1. The zero-order valence-electron chi connectivity index (χ0n) is 22.3. The topological polar surface area (TPSA) is 92.8 Å². The molecule has 1 aliphatic carbocycles. The van der Waals surface area contributed by atoms with E-state index >= 15 is 0 Å². The van der Waals surface area contributed by atoms with Crippen molar-refractivity contribution in [1.82, 2.24) is 10.3 Å². The van der Waals surface area contributed by atoms with E-state index in [1.54, 1.807) is 25.4 Å². The zero-order valence-corrected chi connectivity index (χ0v) is 22.3. The molecule has 0 spiro atoms. The maximum absolute atomic E-state index is 12.9. The third-order valence-corrected chi connectivity index (χ3v) is 6.66. The van der Waals surface area contributed by atoms with Gasteiger partial charge >= 0.3 is 0 Å². The average Bonchev–Trinajstić information content (AvgIpc) is 3.14. The number of nitrogens with one attached hydrogen (secondary N) is 2. The number of ether oxygens (including phenoxy) is 2. The van der Waals surface area contributed by atoms with Gasteiger partial charge in [0.2, 0.25) is 0 Å². The molecule has 2 aliphatic rings. The molecule has 2 amide bonds. The third kappa shape index (κ3) is 6.18. The lowest BCUT2D eigenvalue weighted by Crippen LogP contribution is -2.45. The molecule has 8 nitrogen and oxygen atoms in total. The van der Waals surface area contributed by atoms with Gasteiger partial charge in [0, 0.05) is 49.2 Å². The molecule has 3 aromatic rings. The Morgan fingerprint density at radius 3 is 2.46 bits per heavy atom. The maximum atomic E-state index is 12.9. The second-order valence-electron chi connectivity index (χ2n) is 9.73. The number of aromatic nitrogens is 1. The summed E-state index contributed by atoms with van der Waals surface area (Å²) in [5.41, 5.74) is 3.99. The van der Waals surface area contributed by atoms with E-state index in [2.05, 4.69) is 34.4 Å². The number of amides is 2. The highest BCUT2D eigenvalue weighted by molar-refractivity contribution is 6.20. The lowest BCUT2D eigenvalue weighted by atomic mass is 9.99. The Morgan fingerprint density at radius 1 is 0.974 bits per heavy atom. The summed E-state index contributed by atoms with van der Waals surface area (Å²) in [5, 5.41) is 5.55. The smallest absolute Gasteiger partial charge is 0.256 e. The summed E-state index contributed by atoms with van der Waals surface area (Å²) >= 11 is 0. The van der Waals surface area contributed by atoms with E-state index in [1.807, 2.05) is 60.7 Å². The molecule has 1 fully saturated rings. The standard InChI is InChI=1S/C31H32N4O4/c1-20-18-35(19-21(2)38-20)24-10-8-22(9-11-24)30(36)34-29-17-26(14-15-33-29)39-25-12-13-27-23(16-25)6-4-5-7-28(27)31(37)32-3/h4,6-17,20-21H,5,18-19H2,1-3H3,(H,32,37)(H,33,34,36). The summed E-state index contributed by atoms with van der Waals surface area (Å²) in [6.45, 7) is 5.78. The lowest BCUT2D eigenvalue weighted by Gasteiger charge is -2.36. The van der Waals surface area contributed by atoms with E-state index in [4.69, 9.17) is 9.47 Å². The summed E-state index contributed by atoms with van der Waals surface area (Å²) < 4.78 is 11.9. The second kappa shape index (κ2) is 11.5. The molecule has 2 heterocycles. The normalized spacial score (nSPS) is 18.4. The molecule has 2 atom stereocenters. The van der Waals surface area contributed by atoms with E-state index in [0.29, 0.717) is 34.9 Å². The maximum Gasteiger partial charge on any atom is 0.256 e. The lowest BCUT2D eigenvalue weighted by molar-refractivity contribution is -0.115. The van der Waals surface area contributed by atoms with Crippen LogP contribution < -0.4 is 20.3 Å². The molecule has 1 aliphatic heterocycles. The van der Waals surface area contributed by atoms with E-state index < -0.39 is 0 Å². The summed E-state index contributed by atoms with van der Waals surface area (Å²) in [6, 6.07) is 16.6. The van der Waals surface area contributed by atoms with Crippen molar-refractivity contribution in [3.8, 4) is 11.5 Å². The van der Waals surface area contributed by atoms with Crippen LogP contribution in [0.3, 0.4) is 0 Å². The summed E-state index contributed by atoms with van der Waals surface area (Å²) in [5.74, 6) is 1.16. The highest BCUT2D eigenvalue weighted by Crippen LogP contribution is 2.31. The van der Waals surface area contributed by atoms with Gasteiger partial charge in [-0.05, 0) is 79.9 Å². The molecule has 39 heavy (non-hydrogen) atoms. The van der Waals surface area contributed by atoms with Crippen LogP contribution in [0.2, 0.25) is 0 Å². The number of fused-ring (bicyclic) bond motifs is 1. The number of hydrogen-bond donors (Lipinski definition) is 2. The average molecular weight is 525 g/mol. The fourth-order valence-electron chi connectivity index (χ4n) is 4.91. The van der Waals surface area contributed by atoms with Crippen molar-refractivity contribution in [3.05, 3.63) is 89.6 Å². The Hall–Kier alpha value is -4.43. The first-order chi connectivity index (χ1) is 18.9. The Kier molecular flexibility index (Phi) is 7.74. The number of carbonyl (C=O) groups is 2. The van der Waals surface area contributed by atoms with Crippen LogP contribution in [0, 0.1) is 0 Å². The number of hydrogen-bond acceptors (Lipinski definition) is 6. The number of rotatable bonds is 6. The molecule has 5 rings (SSSR count). The zero-order chi connectivity index (χ0) is 27.4. The van der Waals surface area contributed by atoms with Crippen molar-refractivity contribution in [1.29, 1.82) is 0 Å². The Balaban J connectivity index is 1.26. The third-order valence-electron chi connectivity index (χ3n) is 6.66. The van der Waals surface area contributed by atoms with E-state index in [1.165, 1.54) is 0 Å². The van der Waals surface area contributed by atoms with Crippen molar-refractivity contribution >= 4 is 35.0 Å². The van der Waals surface area contributed by atoms with Crippen LogP contribution in [-0.4, -0.2) is 49.1 Å². The Morgan fingerprint density at radius 2 is 1.72 bits per heavy atom. The fourth-order valence-corrected chi connectivity index (χ4v) is 4.91. The highest BCUT2D eigenvalue weighted by atomic mass is 16.5. The van der Waals surface area contributed by atoms with Crippen molar-refractivity contribution in [3.63, 3.8) is 0 Å². The number of allylic oxidation sites excluding steroid dienone is 2. The monoisotopic (exact) mass is 524 g/mol. The Labute approximate surface area is 228 Å². The molecule has 1 aromatic heterocycles. The first-order valence-electron chi connectivity index (χ1n) is 13.1. The van der Waals surface area contributed by atoms with Gasteiger partial charge in [-0.1, -0.05) is 18.2 Å². The first-order valence-corrected chi connectivity index (χ1v) is 13.1. The SMILES string of the molecule is CNC(=O)C1=CCC=Cc2cc(Oc3ccnc(NC(=O)c4ccc(N5CC(C)OC(C)C5)cc4)c3)ccc21. The van der Waals surface area contributed by atoms with Crippen LogP contribution in [-0.2, 0) is 9.53 Å². The number of nitrogens with zero attached hydrogens (tertiary/aromatic N) is 2. The van der Waals surface area contributed by atoms with Crippen molar-refractivity contribution in [2.75, 3.05) is 30.4 Å². The van der Waals surface area contributed by atoms with Gasteiger partial charge in [-0.15, -0.1) is 0 Å². The van der Waals surface area contributed by atoms with E-state index in [-0.39, 0.29) is 24.0 Å². The minimum absolute atomic E-state index is 0.122. The number of carbonyl (C=O) groups excluding carboxylic acids is 2. The van der Waals surface area contributed by atoms with Crippen molar-refractivity contribution in [2.24, 2.45) is 0 Å². The largest absolute Gasteiger partial charge is 0.457 e. The minimum atomic E-state index is -0.251. The molecule has 8 heteroatoms. The van der Waals surface area contributed by atoms with Crippen molar-refractivity contribution < 1.29 is 19.1 Å². The molecule has 0 saturated carbocycles. The van der Waals surface area contributed by atoms with Gasteiger partial charge in [0.05, 0.1) is 12.2 Å². The molecule has 200 valence electrons. The second-order valence-corrected chi connectivity index (χ2v) is 9.73. The minimum Gasteiger partial charge on any atom is -0.457 e. The summed E-state index contributed by atoms with van der Waals surface area (Å²) in [7, 11) is 1.62. The molecule has 2 unspecified atom stereocenters. The Bertz CT molecular complexity index is 1420. The van der Waals surface area contributed by atoms with Crippen LogP contribution in [0.4, 0.5) is 11.5 Å². The van der Waals surface area contributed by atoms with Gasteiger partial charge in [0.1, 0.15) is 17.3 Å². The van der Waals surface area contributed by atoms with Gasteiger partial charge in [0.25, 0.3) is 11.8 Å². The summed E-state index contributed by atoms with van der Waals surface area (Å²) in [6.07, 6.45) is 8.50. The summed E-state index contributed by atoms with van der Waals surface area (Å²) in [4.78, 5) is 31.8. The van der Waals surface area contributed by atoms with Gasteiger partial charge in [-0.25, -0.2) is 4.98 Å². The molecule has 2 aromatic carbocycles. The van der Waals surface area contributed by atoms with Crippen LogP contribution in [0.15, 0.2) is 72.9 Å². The van der Waals surface area contributed by atoms with Gasteiger partial charge in [0.15, 0.2) is 0 Å². The first kappa shape index (κ1) is 26.2. The van der Waals surface area contributed by atoms with Gasteiger partial charge in [-0.2, -0.15) is 0 Å². The predicted molar refractivity (Wildman–Crippen MR) is 153 cm³/mol. The fraction of sp³-hybridized carbons (Fsp3) is 0.258. The predicted octanol–water partition coefficient (Wildman–Crippen LogP) is 5.29. The van der Waals surface area contributed by atoms with Crippen LogP contribution >= 0.6 is 0 Å². The number of likely N-dealkylation sites (N-methyl/N-ethyl adjacent to an activating group) is 1. The van der Waals surface area contributed by atoms with E-state index in [9.17, 15) is 9.59 Å². The quantitative estimate of drug-likeness (QED) is 0.456. The van der Waals surface area contributed by atoms with Crippen molar-refractivity contribution in [2.45, 2.75) is 32.5 Å².